The highest BCUT2D eigenvalue weighted by atomic mass is 35.5. The maximum atomic E-state index is 12.2. The molecule has 0 fully saturated rings. The van der Waals surface area contributed by atoms with E-state index in [1.165, 1.54) is 38.4 Å². The smallest absolute Gasteiger partial charge is 0.331 e. The molecule has 0 aliphatic heterocycles. The summed E-state index contributed by atoms with van der Waals surface area (Å²) in [6.07, 6.45) is 4.77. The molecule has 2 aromatic carbocycles. The molecule has 10 heteroatoms. The van der Waals surface area contributed by atoms with Crippen LogP contribution in [0.3, 0.4) is 0 Å². The van der Waals surface area contributed by atoms with Crippen LogP contribution in [-0.4, -0.2) is 51.6 Å². The predicted octanol–water partition coefficient (Wildman–Crippen LogP) is 3.51. The van der Waals surface area contributed by atoms with Gasteiger partial charge in [0.1, 0.15) is 0 Å². The van der Waals surface area contributed by atoms with Gasteiger partial charge in [0.15, 0.2) is 6.61 Å². The van der Waals surface area contributed by atoms with Crippen LogP contribution in [0.25, 0.3) is 6.08 Å². The Labute approximate surface area is 185 Å². The maximum absolute atomic E-state index is 12.2. The lowest BCUT2D eigenvalue weighted by atomic mass is 10.2. The van der Waals surface area contributed by atoms with Crippen LogP contribution in [0.15, 0.2) is 58.3 Å². The van der Waals surface area contributed by atoms with Crippen molar-refractivity contribution in [2.45, 2.75) is 9.79 Å². The molecule has 30 heavy (non-hydrogen) atoms. The maximum Gasteiger partial charge on any atom is 0.331 e. The molecule has 0 spiro atoms. The van der Waals surface area contributed by atoms with Gasteiger partial charge in [0.05, 0.1) is 15.6 Å². The molecular formula is C20H21ClN2O5S2. The minimum absolute atomic E-state index is 0.0281. The van der Waals surface area contributed by atoms with Crippen molar-refractivity contribution < 1.29 is 22.7 Å². The number of sulfonamides is 1. The van der Waals surface area contributed by atoms with Crippen LogP contribution in [0.4, 0.5) is 5.69 Å². The van der Waals surface area contributed by atoms with Crippen molar-refractivity contribution >= 4 is 57.0 Å². The Morgan fingerprint density at radius 3 is 2.43 bits per heavy atom. The van der Waals surface area contributed by atoms with E-state index < -0.39 is 28.5 Å². The third-order valence-electron chi connectivity index (χ3n) is 3.86. The Morgan fingerprint density at radius 2 is 1.83 bits per heavy atom. The molecule has 0 aromatic heterocycles. The molecule has 0 radical (unpaired) electrons. The predicted molar refractivity (Wildman–Crippen MR) is 119 cm³/mol. The zero-order valence-corrected chi connectivity index (χ0v) is 19.0. The van der Waals surface area contributed by atoms with E-state index >= 15 is 0 Å². The molecule has 0 heterocycles. The van der Waals surface area contributed by atoms with Crippen molar-refractivity contribution in [3.05, 3.63) is 59.1 Å². The number of nitrogens with zero attached hydrogens (tertiary/aromatic N) is 1. The first-order chi connectivity index (χ1) is 14.1. The molecule has 2 rings (SSSR count). The minimum atomic E-state index is -3.69. The van der Waals surface area contributed by atoms with Crippen LogP contribution in [0.5, 0.6) is 0 Å². The zero-order chi connectivity index (χ0) is 22.3. The Balaban J connectivity index is 1.95. The van der Waals surface area contributed by atoms with E-state index in [2.05, 4.69) is 5.32 Å². The summed E-state index contributed by atoms with van der Waals surface area (Å²) in [4.78, 5) is 25.0. The zero-order valence-electron chi connectivity index (χ0n) is 16.6. The summed E-state index contributed by atoms with van der Waals surface area (Å²) in [5.41, 5.74) is 0.921. The molecule has 160 valence electrons. The monoisotopic (exact) mass is 468 g/mol. The van der Waals surface area contributed by atoms with Gasteiger partial charge in [-0.1, -0.05) is 23.7 Å². The fraction of sp³-hybridized carbons (Fsp3) is 0.200. The molecule has 2 aromatic rings. The number of amides is 1. The molecule has 7 nitrogen and oxygen atoms in total. The first-order valence-electron chi connectivity index (χ1n) is 8.64. The normalized spacial score (nSPS) is 11.6. The first kappa shape index (κ1) is 23.9. The highest BCUT2D eigenvalue weighted by Gasteiger charge is 2.19. The number of halogens is 1. The van der Waals surface area contributed by atoms with Gasteiger partial charge in [-0.25, -0.2) is 17.5 Å². The molecule has 0 aliphatic carbocycles. The lowest BCUT2D eigenvalue weighted by Crippen LogP contribution is -2.23. The van der Waals surface area contributed by atoms with E-state index in [4.69, 9.17) is 16.3 Å². The van der Waals surface area contributed by atoms with Crippen LogP contribution in [0, 0.1) is 0 Å². The van der Waals surface area contributed by atoms with Gasteiger partial charge in [-0.05, 0) is 48.2 Å². The number of carbonyl (C=O) groups is 2. The van der Waals surface area contributed by atoms with Gasteiger partial charge in [0.25, 0.3) is 5.91 Å². The molecule has 0 unspecified atom stereocenters. The largest absolute Gasteiger partial charge is 0.452 e. The number of benzene rings is 2. The minimum Gasteiger partial charge on any atom is -0.452 e. The van der Waals surface area contributed by atoms with Crippen LogP contribution in [-0.2, 0) is 24.3 Å². The van der Waals surface area contributed by atoms with E-state index in [0.717, 1.165) is 14.8 Å². The Morgan fingerprint density at radius 1 is 1.17 bits per heavy atom. The van der Waals surface area contributed by atoms with Gasteiger partial charge in [-0.15, -0.1) is 11.8 Å². The number of carbonyl (C=O) groups excluding carboxylic acids is 2. The van der Waals surface area contributed by atoms with Crippen molar-refractivity contribution in [2.24, 2.45) is 0 Å². The number of esters is 1. The summed E-state index contributed by atoms with van der Waals surface area (Å²) < 4.78 is 30.4. The van der Waals surface area contributed by atoms with Crippen molar-refractivity contribution in [1.82, 2.24) is 4.31 Å². The Kier molecular flexibility index (Phi) is 8.48. The average molecular weight is 469 g/mol. The summed E-state index contributed by atoms with van der Waals surface area (Å²) in [6.45, 7) is -0.546. The third-order valence-corrected chi connectivity index (χ3v) is 6.75. The molecule has 1 N–H and O–H groups in total. The van der Waals surface area contributed by atoms with Gasteiger partial charge in [0.2, 0.25) is 10.0 Å². The van der Waals surface area contributed by atoms with Gasteiger partial charge < -0.3 is 10.1 Å². The topological polar surface area (TPSA) is 92.8 Å². The second-order valence-corrected chi connectivity index (χ2v) is 9.63. The SMILES string of the molecule is CSc1ccc(/C=C/C(=O)OCC(=O)Nc2cc(S(=O)(=O)N(C)C)ccc2Cl)cc1. The Hall–Kier alpha value is -2.33. The number of nitrogens with one attached hydrogen (secondary N) is 1. The van der Waals surface area contributed by atoms with E-state index in [-0.39, 0.29) is 15.6 Å². The van der Waals surface area contributed by atoms with Crippen molar-refractivity contribution in [1.29, 1.82) is 0 Å². The molecule has 0 bridgehead atoms. The summed E-state index contributed by atoms with van der Waals surface area (Å²) in [5, 5.41) is 2.60. The van der Waals surface area contributed by atoms with Gasteiger partial charge in [0, 0.05) is 25.1 Å². The van der Waals surface area contributed by atoms with E-state index in [9.17, 15) is 18.0 Å². The van der Waals surface area contributed by atoms with Crippen LogP contribution < -0.4 is 5.32 Å². The number of rotatable bonds is 8. The van der Waals surface area contributed by atoms with Crippen LogP contribution in [0.1, 0.15) is 5.56 Å². The Bertz CT molecular complexity index is 1050. The number of anilines is 1. The first-order valence-corrected chi connectivity index (χ1v) is 11.7. The number of hydrogen-bond acceptors (Lipinski definition) is 6. The second-order valence-electron chi connectivity index (χ2n) is 6.19. The third kappa shape index (κ3) is 6.60. The summed E-state index contributed by atoms with van der Waals surface area (Å²) in [7, 11) is -0.898. The molecule has 0 atom stereocenters. The van der Waals surface area contributed by atoms with Crippen molar-refractivity contribution in [3.8, 4) is 0 Å². The second kappa shape index (κ2) is 10.6. The highest BCUT2D eigenvalue weighted by Crippen LogP contribution is 2.26. The standard InChI is InChI=1S/C20H21ClN2O5S2/c1-23(2)30(26,27)16-9-10-17(21)18(12-16)22-19(24)13-28-20(25)11-6-14-4-7-15(29-3)8-5-14/h4-12H,13H2,1-3H3,(H,22,24)/b11-6+. The lowest BCUT2D eigenvalue weighted by Gasteiger charge is -2.13. The van der Waals surface area contributed by atoms with Gasteiger partial charge in [-0.2, -0.15) is 0 Å². The van der Waals surface area contributed by atoms with E-state index in [1.54, 1.807) is 17.8 Å². The fourth-order valence-electron chi connectivity index (χ4n) is 2.22. The highest BCUT2D eigenvalue weighted by molar-refractivity contribution is 7.98. The van der Waals surface area contributed by atoms with Gasteiger partial charge >= 0.3 is 5.97 Å². The summed E-state index contributed by atoms with van der Waals surface area (Å²) in [5.74, 6) is -1.34. The molecule has 1 amide bonds. The van der Waals surface area contributed by atoms with Gasteiger partial charge in [-0.3, -0.25) is 4.79 Å². The number of hydrogen-bond donors (Lipinski definition) is 1. The van der Waals surface area contributed by atoms with Crippen molar-refractivity contribution in [2.75, 3.05) is 32.3 Å². The summed E-state index contributed by atoms with van der Waals surface area (Å²) >= 11 is 7.64. The van der Waals surface area contributed by atoms with Crippen molar-refractivity contribution in [3.63, 3.8) is 0 Å². The van der Waals surface area contributed by atoms with E-state index in [0.29, 0.717) is 0 Å². The summed E-state index contributed by atoms with van der Waals surface area (Å²) in [6, 6.07) is 11.5. The fourth-order valence-corrected chi connectivity index (χ4v) is 3.72. The van der Waals surface area contributed by atoms with Crippen LogP contribution in [0.2, 0.25) is 5.02 Å². The quantitative estimate of drug-likeness (QED) is 0.362. The molecule has 0 saturated heterocycles. The number of ether oxygens (including phenoxy) is 1. The molecule has 0 aliphatic rings. The average Bonchev–Trinajstić information content (AvgIpc) is 2.72. The lowest BCUT2D eigenvalue weighted by molar-refractivity contribution is -0.142. The molecule has 0 saturated carbocycles. The number of thioether (sulfide) groups is 1. The van der Waals surface area contributed by atoms with E-state index in [1.807, 2.05) is 30.5 Å². The molecular weight excluding hydrogens is 448 g/mol. The van der Waals surface area contributed by atoms with Crippen LogP contribution >= 0.6 is 23.4 Å².